The van der Waals surface area contributed by atoms with Crippen LogP contribution in [0.3, 0.4) is 0 Å². The molecule has 0 saturated carbocycles. The van der Waals surface area contributed by atoms with Crippen molar-refractivity contribution in [2.75, 3.05) is 20.8 Å². The summed E-state index contributed by atoms with van der Waals surface area (Å²) in [6.45, 7) is -0.0687. The highest BCUT2D eigenvalue weighted by Crippen LogP contribution is 2.36. The molecule has 0 unspecified atom stereocenters. The normalized spacial score (nSPS) is 9.90. The summed E-state index contributed by atoms with van der Waals surface area (Å²) in [6, 6.07) is 14.3. The van der Waals surface area contributed by atoms with Crippen LogP contribution in [-0.4, -0.2) is 26.6 Å². The largest absolute Gasteiger partial charge is 0.493 e. The fourth-order valence-corrected chi connectivity index (χ4v) is 1.80. The van der Waals surface area contributed by atoms with Gasteiger partial charge in [0.1, 0.15) is 0 Å². The second kappa shape index (κ2) is 6.61. The lowest BCUT2D eigenvalue weighted by Gasteiger charge is -2.13. The van der Waals surface area contributed by atoms with Crippen LogP contribution in [0.1, 0.15) is 10.4 Å². The maximum atomic E-state index is 12.0. The van der Waals surface area contributed by atoms with Crippen molar-refractivity contribution in [2.24, 2.45) is 0 Å². The van der Waals surface area contributed by atoms with Crippen LogP contribution in [0.15, 0.2) is 48.5 Å². The number of carbonyl (C=O) groups is 1. The quantitative estimate of drug-likeness (QED) is 0.758. The SMILES string of the molecule is COc1cccc(OC)c1OCC(=O)c1ccccc1. The molecule has 0 saturated heterocycles. The zero-order chi connectivity index (χ0) is 14.4. The lowest BCUT2D eigenvalue weighted by Crippen LogP contribution is -2.12. The summed E-state index contributed by atoms with van der Waals surface area (Å²) in [5.41, 5.74) is 0.612. The second-order valence-corrected chi connectivity index (χ2v) is 4.07. The number of rotatable bonds is 6. The molecule has 2 rings (SSSR count). The van der Waals surface area contributed by atoms with E-state index in [1.165, 1.54) is 0 Å². The van der Waals surface area contributed by atoms with Gasteiger partial charge in [0, 0.05) is 5.56 Å². The molecule has 0 N–H and O–H groups in total. The minimum Gasteiger partial charge on any atom is -0.493 e. The Hall–Kier alpha value is -2.49. The summed E-state index contributed by atoms with van der Waals surface area (Å²) >= 11 is 0. The minimum atomic E-state index is -0.0986. The van der Waals surface area contributed by atoms with Gasteiger partial charge in [0.15, 0.2) is 23.9 Å². The summed E-state index contributed by atoms with van der Waals surface area (Å²) in [6.07, 6.45) is 0. The van der Waals surface area contributed by atoms with Gasteiger partial charge in [0.2, 0.25) is 5.75 Å². The van der Waals surface area contributed by atoms with Gasteiger partial charge in [-0.1, -0.05) is 36.4 Å². The van der Waals surface area contributed by atoms with Crippen molar-refractivity contribution >= 4 is 5.78 Å². The van der Waals surface area contributed by atoms with E-state index in [2.05, 4.69) is 0 Å². The molecule has 0 heterocycles. The number of benzene rings is 2. The predicted octanol–water partition coefficient (Wildman–Crippen LogP) is 2.97. The third-order valence-corrected chi connectivity index (χ3v) is 2.83. The molecule has 0 aliphatic heterocycles. The van der Waals surface area contributed by atoms with Crippen molar-refractivity contribution in [1.82, 2.24) is 0 Å². The average Bonchev–Trinajstić information content (AvgIpc) is 2.52. The zero-order valence-electron chi connectivity index (χ0n) is 11.5. The van der Waals surface area contributed by atoms with Gasteiger partial charge in [-0.05, 0) is 12.1 Å². The van der Waals surface area contributed by atoms with Crippen molar-refractivity contribution < 1.29 is 19.0 Å². The van der Waals surface area contributed by atoms with Gasteiger partial charge in [0.05, 0.1) is 14.2 Å². The lowest BCUT2D eigenvalue weighted by atomic mass is 10.1. The molecule has 0 aliphatic rings. The Labute approximate surface area is 117 Å². The second-order valence-electron chi connectivity index (χ2n) is 4.07. The number of ether oxygens (including phenoxy) is 3. The molecular weight excluding hydrogens is 256 g/mol. The van der Waals surface area contributed by atoms with Gasteiger partial charge in [-0.3, -0.25) is 4.79 Å². The molecule has 4 heteroatoms. The molecule has 0 fully saturated rings. The first-order valence-electron chi connectivity index (χ1n) is 6.18. The molecule has 0 aromatic heterocycles. The molecule has 2 aromatic carbocycles. The number of carbonyl (C=O) groups excluding carboxylic acids is 1. The summed E-state index contributed by atoms with van der Waals surface area (Å²) < 4.78 is 16.0. The van der Waals surface area contributed by atoms with Crippen molar-refractivity contribution in [3.8, 4) is 17.2 Å². The van der Waals surface area contributed by atoms with Gasteiger partial charge >= 0.3 is 0 Å². The zero-order valence-corrected chi connectivity index (χ0v) is 11.5. The number of Topliss-reactive ketones (excluding diaryl/α,β-unsaturated/α-hetero) is 1. The van der Waals surface area contributed by atoms with Gasteiger partial charge in [-0.15, -0.1) is 0 Å². The highest BCUT2D eigenvalue weighted by Gasteiger charge is 2.13. The maximum Gasteiger partial charge on any atom is 0.203 e. The molecular formula is C16H16O4. The molecule has 0 aliphatic carbocycles. The number of hydrogen-bond donors (Lipinski definition) is 0. The number of ketones is 1. The highest BCUT2D eigenvalue weighted by molar-refractivity contribution is 5.97. The molecule has 4 nitrogen and oxygen atoms in total. The first-order valence-corrected chi connectivity index (χ1v) is 6.18. The molecule has 104 valence electrons. The standard InChI is InChI=1S/C16H16O4/c1-18-14-9-6-10-15(19-2)16(14)20-11-13(17)12-7-4-3-5-8-12/h3-10H,11H2,1-2H3. The maximum absolute atomic E-state index is 12.0. The smallest absolute Gasteiger partial charge is 0.203 e. The van der Waals surface area contributed by atoms with Crippen LogP contribution in [0, 0.1) is 0 Å². The molecule has 0 spiro atoms. The summed E-state index contributed by atoms with van der Waals surface area (Å²) in [7, 11) is 3.08. The fourth-order valence-electron chi connectivity index (χ4n) is 1.80. The van der Waals surface area contributed by atoms with E-state index >= 15 is 0 Å². The van der Waals surface area contributed by atoms with E-state index in [9.17, 15) is 4.79 Å². The van der Waals surface area contributed by atoms with Crippen LogP contribution in [0.4, 0.5) is 0 Å². The van der Waals surface area contributed by atoms with Crippen LogP contribution in [0.25, 0.3) is 0 Å². The molecule has 0 amide bonds. The first-order chi connectivity index (χ1) is 9.76. The van der Waals surface area contributed by atoms with Gasteiger partial charge in [0.25, 0.3) is 0 Å². The Morgan fingerprint density at radius 3 is 2.05 bits per heavy atom. The van der Waals surface area contributed by atoms with Gasteiger partial charge in [-0.2, -0.15) is 0 Å². The van der Waals surface area contributed by atoms with Gasteiger partial charge < -0.3 is 14.2 Å². The van der Waals surface area contributed by atoms with Crippen molar-refractivity contribution in [3.63, 3.8) is 0 Å². The van der Waals surface area contributed by atoms with Crippen LogP contribution in [-0.2, 0) is 0 Å². The molecule has 2 aromatic rings. The van der Waals surface area contributed by atoms with Gasteiger partial charge in [-0.25, -0.2) is 0 Å². The van der Waals surface area contributed by atoms with Crippen molar-refractivity contribution in [2.45, 2.75) is 0 Å². The lowest BCUT2D eigenvalue weighted by molar-refractivity contribution is 0.0917. The molecule has 20 heavy (non-hydrogen) atoms. The van der Waals surface area contributed by atoms with E-state index in [0.717, 1.165) is 0 Å². The summed E-state index contributed by atoms with van der Waals surface area (Å²) in [4.78, 5) is 12.0. The summed E-state index contributed by atoms with van der Waals surface area (Å²) in [5, 5.41) is 0. The van der Waals surface area contributed by atoms with E-state index < -0.39 is 0 Å². The number of methoxy groups -OCH3 is 2. The summed E-state index contributed by atoms with van der Waals surface area (Å²) in [5.74, 6) is 1.40. The Morgan fingerprint density at radius 2 is 1.50 bits per heavy atom. The highest BCUT2D eigenvalue weighted by atomic mass is 16.5. The number of para-hydroxylation sites is 1. The third kappa shape index (κ3) is 3.09. The van der Waals surface area contributed by atoms with Crippen LogP contribution < -0.4 is 14.2 Å². The molecule has 0 bridgehead atoms. The topological polar surface area (TPSA) is 44.8 Å². The Kier molecular flexibility index (Phi) is 4.60. The fraction of sp³-hybridized carbons (Fsp3) is 0.188. The van der Waals surface area contributed by atoms with E-state index in [0.29, 0.717) is 22.8 Å². The Morgan fingerprint density at radius 1 is 0.900 bits per heavy atom. The predicted molar refractivity (Wildman–Crippen MR) is 75.8 cm³/mol. The van der Waals surface area contributed by atoms with E-state index in [1.54, 1.807) is 44.6 Å². The van der Waals surface area contributed by atoms with Crippen molar-refractivity contribution in [3.05, 3.63) is 54.1 Å². The van der Waals surface area contributed by atoms with Crippen LogP contribution in [0.5, 0.6) is 17.2 Å². The monoisotopic (exact) mass is 272 g/mol. The number of hydrogen-bond acceptors (Lipinski definition) is 4. The van der Waals surface area contributed by atoms with Crippen molar-refractivity contribution in [1.29, 1.82) is 0 Å². The minimum absolute atomic E-state index is 0.0687. The van der Waals surface area contributed by atoms with E-state index in [4.69, 9.17) is 14.2 Å². The third-order valence-electron chi connectivity index (χ3n) is 2.83. The first kappa shape index (κ1) is 13.9. The van der Waals surface area contributed by atoms with E-state index in [-0.39, 0.29) is 12.4 Å². The van der Waals surface area contributed by atoms with E-state index in [1.807, 2.05) is 18.2 Å². The Bertz CT molecular complexity index is 556. The Balaban J connectivity index is 2.13. The average molecular weight is 272 g/mol. The molecule has 0 radical (unpaired) electrons. The molecule has 0 atom stereocenters. The van der Waals surface area contributed by atoms with Crippen LogP contribution in [0.2, 0.25) is 0 Å². The van der Waals surface area contributed by atoms with Crippen LogP contribution >= 0.6 is 0 Å².